The molecule has 0 amide bonds. The summed E-state index contributed by atoms with van der Waals surface area (Å²) in [6.07, 6.45) is 5.39. The number of nitrogens with zero attached hydrogens (tertiary/aromatic N) is 3. The molecule has 0 aliphatic heterocycles. The van der Waals surface area contributed by atoms with Crippen LogP contribution in [-0.2, 0) is 16.6 Å². The van der Waals surface area contributed by atoms with Crippen LogP contribution >= 0.6 is 0 Å². The molecule has 8 nitrogen and oxygen atoms in total. The topological polar surface area (TPSA) is 97.6 Å². The lowest BCUT2D eigenvalue weighted by atomic mass is 10.1. The summed E-state index contributed by atoms with van der Waals surface area (Å²) in [7, 11) is -0.413. The molecular formula is C21H21N5O3S. The fraction of sp³-hybridized carbons (Fsp3) is 0.143. The van der Waals surface area contributed by atoms with Crippen LogP contribution in [-0.4, -0.2) is 36.9 Å². The lowest BCUT2D eigenvalue weighted by Gasteiger charge is -2.09. The number of fused-ring (bicyclic) bond motifs is 1. The van der Waals surface area contributed by atoms with Crippen molar-refractivity contribution in [2.45, 2.75) is 11.4 Å². The molecule has 0 saturated carbocycles. The molecule has 0 aliphatic carbocycles. The first-order valence-corrected chi connectivity index (χ1v) is 10.7. The summed E-state index contributed by atoms with van der Waals surface area (Å²) in [6, 6.07) is 14.5. The Morgan fingerprint density at radius 3 is 2.43 bits per heavy atom. The van der Waals surface area contributed by atoms with E-state index in [1.165, 1.54) is 7.05 Å². The number of sulfonamides is 1. The third-order valence-electron chi connectivity index (χ3n) is 4.78. The second kappa shape index (κ2) is 8.13. The fourth-order valence-corrected chi connectivity index (χ4v) is 3.84. The summed E-state index contributed by atoms with van der Waals surface area (Å²) in [5.74, 6) is 1.44. The zero-order valence-corrected chi connectivity index (χ0v) is 17.3. The Morgan fingerprint density at radius 1 is 1.03 bits per heavy atom. The first-order chi connectivity index (χ1) is 14.5. The van der Waals surface area contributed by atoms with Gasteiger partial charge < -0.3 is 10.1 Å². The van der Waals surface area contributed by atoms with Crippen molar-refractivity contribution in [1.82, 2.24) is 19.1 Å². The number of rotatable bonds is 7. The molecular weight excluding hydrogens is 402 g/mol. The molecule has 2 N–H and O–H groups in total. The largest absolute Gasteiger partial charge is 0.497 e. The van der Waals surface area contributed by atoms with Gasteiger partial charge in [-0.1, -0.05) is 12.1 Å². The average Bonchev–Trinajstić information content (AvgIpc) is 3.23. The molecule has 0 fully saturated rings. The number of ether oxygens (including phenoxy) is 1. The molecule has 154 valence electrons. The molecule has 0 spiro atoms. The quantitative estimate of drug-likeness (QED) is 0.474. The lowest BCUT2D eigenvalue weighted by molar-refractivity contribution is 0.415. The standard InChI is InChI=1S/C21H21N5O3S/c1-22-30(27,28)18-9-3-15(4-10-18)13-24-20-21-25-14-19(26(21)12-11-23-20)16-5-7-17(29-2)8-6-16/h3-12,14,22H,13H2,1-2H3,(H,23,24). The fourth-order valence-electron chi connectivity index (χ4n) is 3.11. The molecule has 30 heavy (non-hydrogen) atoms. The Bertz CT molecular complexity index is 1270. The summed E-state index contributed by atoms with van der Waals surface area (Å²) in [6.45, 7) is 0.483. The second-order valence-electron chi connectivity index (χ2n) is 6.55. The van der Waals surface area contributed by atoms with Crippen LogP contribution in [0.3, 0.4) is 0 Å². The van der Waals surface area contributed by atoms with E-state index in [2.05, 4.69) is 20.0 Å². The third-order valence-corrected chi connectivity index (χ3v) is 6.21. The molecule has 2 aromatic heterocycles. The molecule has 0 bridgehead atoms. The number of methoxy groups -OCH3 is 1. The van der Waals surface area contributed by atoms with Gasteiger partial charge in [0.15, 0.2) is 11.5 Å². The summed E-state index contributed by atoms with van der Waals surface area (Å²) >= 11 is 0. The van der Waals surface area contributed by atoms with Crippen LogP contribution in [0, 0.1) is 0 Å². The van der Waals surface area contributed by atoms with Crippen LogP contribution in [0.5, 0.6) is 5.75 Å². The van der Waals surface area contributed by atoms with E-state index in [-0.39, 0.29) is 4.90 Å². The monoisotopic (exact) mass is 423 g/mol. The Kier molecular flexibility index (Phi) is 5.39. The molecule has 4 rings (SSSR count). The van der Waals surface area contributed by atoms with Crippen molar-refractivity contribution >= 4 is 21.5 Å². The third kappa shape index (κ3) is 3.85. The van der Waals surface area contributed by atoms with E-state index >= 15 is 0 Å². The molecule has 0 radical (unpaired) electrons. The number of nitrogens with one attached hydrogen (secondary N) is 2. The maximum absolute atomic E-state index is 11.8. The van der Waals surface area contributed by atoms with Gasteiger partial charge in [-0.2, -0.15) is 0 Å². The summed E-state index contributed by atoms with van der Waals surface area (Å²) in [4.78, 5) is 9.16. The van der Waals surface area contributed by atoms with Gasteiger partial charge in [0.25, 0.3) is 0 Å². The number of anilines is 1. The van der Waals surface area contributed by atoms with Crippen molar-refractivity contribution in [3.05, 3.63) is 72.7 Å². The molecule has 9 heteroatoms. The second-order valence-corrected chi connectivity index (χ2v) is 8.43. The first kappa shape index (κ1) is 19.9. The minimum absolute atomic E-state index is 0.228. The van der Waals surface area contributed by atoms with Crippen molar-refractivity contribution in [2.24, 2.45) is 0 Å². The van der Waals surface area contributed by atoms with E-state index < -0.39 is 10.0 Å². The van der Waals surface area contributed by atoms with Crippen LogP contribution in [0.15, 0.2) is 72.0 Å². The van der Waals surface area contributed by atoms with Gasteiger partial charge in [-0.15, -0.1) is 0 Å². The van der Waals surface area contributed by atoms with Gasteiger partial charge >= 0.3 is 0 Å². The normalized spacial score (nSPS) is 11.5. The molecule has 0 atom stereocenters. The highest BCUT2D eigenvalue weighted by atomic mass is 32.2. The maximum atomic E-state index is 11.8. The smallest absolute Gasteiger partial charge is 0.240 e. The van der Waals surface area contributed by atoms with Crippen molar-refractivity contribution in [3.63, 3.8) is 0 Å². The minimum atomic E-state index is -3.44. The van der Waals surface area contributed by atoms with Crippen LogP contribution in [0.2, 0.25) is 0 Å². The predicted octanol–water partition coefficient (Wildman–Crippen LogP) is 2.93. The molecule has 2 aromatic carbocycles. The van der Waals surface area contributed by atoms with Gasteiger partial charge in [-0.05, 0) is 49.0 Å². The molecule has 2 heterocycles. The van der Waals surface area contributed by atoms with Crippen LogP contribution in [0.1, 0.15) is 5.56 Å². The van der Waals surface area contributed by atoms with Gasteiger partial charge in [-0.25, -0.2) is 23.1 Å². The minimum Gasteiger partial charge on any atom is -0.497 e. The maximum Gasteiger partial charge on any atom is 0.240 e. The Morgan fingerprint density at radius 2 is 1.77 bits per heavy atom. The van der Waals surface area contributed by atoms with Gasteiger partial charge in [0.2, 0.25) is 10.0 Å². The van der Waals surface area contributed by atoms with E-state index in [0.717, 1.165) is 22.6 Å². The number of hydrogen-bond donors (Lipinski definition) is 2. The van der Waals surface area contributed by atoms with Gasteiger partial charge in [0, 0.05) is 24.5 Å². The van der Waals surface area contributed by atoms with Crippen molar-refractivity contribution in [3.8, 4) is 17.0 Å². The highest BCUT2D eigenvalue weighted by molar-refractivity contribution is 7.89. The molecule has 0 aliphatic rings. The van der Waals surface area contributed by atoms with E-state index in [1.807, 2.05) is 34.9 Å². The van der Waals surface area contributed by atoms with Gasteiger partial charge in [0.1, 0.15) is 5.75 Å². The predicted molar refractivity (Wildman–Crippen MR) is 115 cm³/mol. The van der Waals surface area contributed by atoms with Gasteiger partial charge in [0.05, 0.1) is 23.9 Å². The molecule has 0 saturated heterocycles. The number of benzene rings is 2. The van der Waals surface area contributed by atoms with E-state index in [0.29, 0.717) is 18.0 Å². The Hall–Kier alpha value is -3.43. The summed E-state index contributed by atoms with van der Waals surface area (Å²) in [5, 5.41) is 3.28. The van der Waals surface area contributed by atoms with Gasteiger partial charge in [-0.3, -0.25) is 4.40 Å². The Balaban J connectivity index is 1.56. The summed E-state index contributed by atoms with van der Waals surface area (Å²) < 4.78 is 33.2. The van der Waals surface area contributed by atoms with Crippen LogP contribution < -0.4 is 14.8 Å². The number of aromatic nitrogens is 3. The van der Waals surface area contributed by atoms with Crippen molar-refractivity contribution in [2.75, 3.05) is 19.5 Å². The molecule has 4 aromatic rings. The van der Waals surface area contributed by atoms with Crippen LogP contribution in [0.25, 0.3) is 16.9 Å². The summed E-state index contributed by atoms with van der Waals surface area (Å²) in [5.41, 5.74) is 3.59. The molecule has 0 unspecified atom stereocenters. The first-order valence-electron chi connectivity index (χ1n) is 9.24. The highest BCUT2D eigenvalue weighted by Gasteiger charge is 2.12. The number of imidazole rings is 1. The SMILES string of the molecule is CNS(=O)(=O)c1ccc(CNc2nccn3c(-c4ccc(OC)cc4)cnc23)cc1. The van der Waals surface area contributed by atoms with E-state index in [1.54, 1.807) is 43.8 Å². The lowest BCUT2D eigenvalue weighted by Crippen LogP contribution is -2.18. The Labute approximate surface area is 174 Å². The van der Waals surface area contributed by atoms with Crippen LogP contribution in [0.4, 0.5) is 5.82 Å². The van der Waals surface area contributed by atoms with Crippen molar-refractivity contribution in [1.29, 1.82) is 0 Å². The number of hydrogen-bond acceptors (Lipinski definition) is 6. The average molecular weight is 423 g/mol. The zero-order chi connectivity index (χ0) is 21.1. The zero-order valence-electron chi connectivity index (χ0n) is 16.5. The van der Waals surface area contributed by atoms with E-state index in [9.17, 15) is 8.42 Å². The van der Waals surface area contributed by atoms with Crippen molar-refractivity contribution < 1.29 is 13.2 Å². The van der Waals surface area contributed by atoms with E-state index in [4.69, 9.17) is 4.74 Å². The highest BCUT2D eigenvalue weighted by Crippen LogP contribution is 2.25.